The van der Waals surface area contributed by atoms with Crippen LogP contribution in [0.2, 0.25) is 0 Å². The third kappa shape index (κ3) is 3.97. The predicted molar refractivity (Wildman–Crippen MR) is 81.2 cm³/mol. The smallest absolute Gasteiger partial charge is 0.245 e. The standard InChI is InChI=1S/C16H30N2O2/c1-11(19)17-13(16(5,6)7)14(20)18-10-8-9-12(18)15(2,3)4/h12-13H,8-10H2,1-7H3,(H,17,19). The van der Waals surface area contributed by atoms with Crippen molar-refractivity contribution >= 4 is 11.8 Å². The zero-order chi connectivity index (χ0) is 15.7. The van der Waals surface area contributed by atoms with Crippen molar-refractivity contribution in [3.63, 3.8) is 0 Å². The highest BCUT2D eigenvalue weighted by molar-refractivity contribution is 5.88. The molecule has 2 amide bonds. The highest BCUT2D eigenvalue weighted by atomic mass is 16.2. The highest BCUT2D eigenvalue weighted by Crippen LogP contribution is 2.34. The van der Waals surface area contributed by atoms with Crippen LogP contribution in [0.15, 0.2) is 0 Å². The predicted octanol–water partition coefficient (Wildman–Crippen LogP) is 2.57. The average molecular weight is 282 g/mol. The van der Waals surface area contributed by atoms with Crippen molar-refractivity contribution in [2.45, 2.75) is 73.4 Å². The second-order valence-electron chi connectivity index (χ2n) is 8.06. The SMILES string of the molecule is CC(=O)NC(C(=O)N1CCCC1C(C)(C)C)C(C)(C)C. The molecule has 1 saturated heterocycles. The number of nitrogens with one attached hydrogen (secondary N) is 1. The van der Waals surface area contributed by atoms with Gasteiger partial charge in [-0.1, -0.05) is 41.5 Å². The van der Waals surface area contributed by atoms with Crippen molar-refractivity contribution < 1.29 is 9.59 Å². The van der Waals surface area contributed by atoms with E-state index in [1.54, 1.807) is 0 Å². The molecule has 20 heavy (non-hydrogen) atoms. The Labute approximate surface area is 123 Å². The molecule has 0 aromatic carbocycles. The van der Waals surface area contributed by atoms with E-state index in [9.17, 15) is 9.59 Å². The quantitative estimate of drug-likeness (QED) is 0.846. The number of rotatable bonds is 2. The van der Waals surface area contributed by atoms with Crippen LogP contribution in [0.25, 0.3) is 0 Å². The van der Waals surface area contributed by atoms with Crippen LogP contribution in [0.4, 0.5) is 0 Å². The molecule has 4 heteroatoms. The van der Waals surface area contributed by atoms with Gasteiger partial charge in [0.2, 0.25) is 11.8 Å². The molecule has 1 fully saturated rings. The minimum absolute atomic E-state index is 0.0603. The Morgan fingerprint density at radius 3 is 2.10 bits per heavy atom. The summed E-state index contributed by atoms with van der Waals surface area (Å²) in [4.78, 5) is 26.3. The van der Waals surface area contributed by atoms with E-state index < -0.39 is 6.04 Å². The second-order valence-corrected chi connectivity index (χ2v) is 8.06. The molecule has 0 aromatic rings. The van der Waals surface area contributed by atoms with Gasteiger partial charge in [-0.2, -0.15) is 0 Å². The van der Waals surface area contributed by atoms with Crippen LogP contribution in [0, 0.1) is 10.8 Å². The summed E-state index contributed by atoms with van der Waals surface area (Å²) in [6.45, 7) is 14.8. The van der Waals surface area contributed by atoms with Crippen molar-refractivity contribution in [2.24, 2.45) is 10.8 Å². The number of carbonyl (C=O) groups is 2. The van der Waals surface area contributed by atoms with Gasteiger partial charge in [0.05, 0.1) is 0 Å². The zero-order valence-electron chi connectivity index (χ0n) is 14.0. The van der Waals surface area contributed by atoms with Crippen molar-refractivity contribution in [1.29, 1.82) is 0 Å². The number of likely N-dealkylation sites (tertiary alicyclic amines) is 1. The molecule has 0 aliphatic carbocycles. The molecule has 1 aliphatic rings. The summed E-state index contributed by atoms with van der Waals surface area (Å²) in [7, 11) is 0. The molecule has 2 unspecified atom stereocenters. The third-order valence-electron chi connectivity index (χ3n) is 4.00. The van der Waals surface area contributed by atoms with Gasteiger partial charge in [-0.15, -0.1) is 0 Å². The molecule has 0 bridgehead atoms. The lowest BCUT2D eigenvalue weighted by atomic mass is 9.82. The topological polar surface area (TPSA) is 49.4 Å². The first-order valence-corrected chi connectivity index (χ1v) is 7.52. The summed E-state index contributed by atoms with van der Waals surface area (Å²) < 4.78 is 0. The zero-order valence-corrected chi connectivity index (χ0v) is 14.0. The summed E-state index contributed by atoms with van der Waals surface area (Å²) in [5.74, 6) is -0.0881. The molecule has 0 spiro atoms. The Morgan fingerprint density at radius 2 is 1.70 bits per heavy atom. The van der Waals surface area contributed by atoms with Gasteiger partial charge in [-0.05, 0) is 23.7 Å². The summed E-state index contributed by atoms with van der Waals surface area (Å²) in [5.41, 5.74) is -0.210. The minimum atomic E-state index is -0.456. The molecule has 2 atom stereocenters. The molecule has 1 heterocycles. The van der Waals surface area contributed by atoms with E-state index in [2.05, 4.69) is 26.1 Å². The molecule has 0 aromatic heterocycles. The largest absolute Gasteiger partial charge is 0.344 e. The van der Waals surface area contributed by atoms with E-state index >= 15 is 0 Å². The van der Waals surface area contributed by atoms with Crippen LogP contribution < -0.4 is 5.32 Å². The highest BCUT2D eigenvalue weighted by Gasteiger charge is 2.42. The van der Waals surface area contributed by atoms with E-state index in [4.69, 9.17) is 0 Å². The number of amides is 2. The lowest BCUT2D eigenvalue weighted by Gasteiger charge is -2.40. The fraction of sp³-hybridized carbons (Fsp3) is 0.875. The lowest BCUT2D eigenvalue weighted by Crippen LogP contribution is -2.56. The number of hydrogen-bond donors (Lipinski definition) is 1. The first-order chi connectivity index (χ1) is 8.94. The van der Waals surface area contributed by atoms with Crippen molar-refractivity contribution in [1.82, 2.24) is 10.2 Å². The molecule has 0 radical (unpaired) electrons. The molecule has 4 nitrogen and oxygen atoms in total. The van der Waals surface area contributed by atoms with E-state index in [1.165, 1.54) is 6.92 Å². The summed E-state index contributed by atoms with van der Waals surface area (Å²) in [5, 5.41) is 2.84. The molecule has 0 saturated carbocycles. The maximum absolute atomic E-state index is 12.9. The summed E-state index contributed by atoms with van der Waals surface area (Å²) in [6, 6.07) is -0.198. The van der Waals surface area contributed by atoms with Crippen LogP contribution in [0.1, 0.15) is 61.3 Å². The van der Waals surface area contributed by atoms with Gasteiger partial charge in [0.25, 0.3) is 0 Å². The minimum Gasteiger partial charge on any atom is -0.344 e. The van der Waals surface area contributed by atoms with E-state index in [0.717, 1.165) is 19.4 Å². The Kier molecular flexibility index (Phi) is 4.88. The van der Waals surface area contributed by atoms with E-state index in [1.807, 2.05) is 25.7 Å². The van der Waals surface area contributed by atoms with Crippen molar-refractivity contribution in [3.05, 3.63) is 0 Å². The summed E-state index contributed by atoms with van der Waals surface area (Å²) in [6.07, 6.45) is 2.09. The van der Waals surface area contributed by atoms with Gasteiger partial charge in [0, 0.05) is 19.5 Å². The van der Waals surface area contributed by atoms with Crippen LogP contribution in [0.5, 0.6) is 0 Å². The molecular formula is C16H30N2O2. The van der Waals surface area contributed by atoms with Crippen LogP contribution >= 0.6 is 0 Å². The van der Waals surface area contributed by atoms with Crippen LogP contribution in [-0.4, -0.2) is 35.3 Å². The van der Waals surface area contributed by atoms with Gasteiger partial charge in [-0.3, -0.25) is 9.59 Å². The van der Waals surface area contributed by atoms with Gasteiger partial charge < -0.3 is 10.2 Å². The first kappa shape index (κ1) is 17.0. The fourth-order valence-corrected chi connectivity index (χ4v) is 2.95. The van der Waals surface area contributed by atoms with Crippen LogP contribution in [0.3, 0.4) is 0 Å². The fourth-order valence-electron chi connectivity index (χ4n) is 2.95. The monoisotopic (exact) mass is 282 g/mol. The number of hydrogen-bond acceptors (Lipinski definition) is 2. The number of nitrogens with zero attached hydrogens (tertiary/aromatic N) is 1. The average Bonchev–Trinajstić information content (AvgIpc) is 2.71. The Morgan fingerprint density at radius 1 is 1.15 bits per heavy atom. The van der Waals surface area contributed by atoms with Crippen LogP contribution in [-0.2, 0) is 9.59 Å². The van der Waals surface area contributed by atoms with E-state index in [-0.39, 0.29) is 28.7 Å². The Bertz CT molecular complexity index is 377. The van der Waals surface area contributed by atoms with Gasteiger partial charge in [0.1, 0.15) is 6.04 Å². The third-order valence-corrected chi connectivity index (χ3v) is 4.00. The molecule has 1 N–H and O–H groups in total. The Balaban J connectivity index is 2.97. The lowest BCUT2D eigenvalue weighted by molar-refractivity contribution is -0.141. The molecule has 116 valence electrons. The Hall–Kier alpha value is -1.06. The summed E-state index contributed by atoms with van der Waals surface area (Å²) >= 11 is 0. The molecule has 1 rings (SSSR count). The maximum Gasteiger partial charge on any atom is 0.245 e. The van der Waals surface area contributed by atoms with Gasteiger partial charge >= 0.3 is 0 Å². The normalized spacial score (nSPS) is 21.8. The maximum atomic E-state index is 12.9. The van der Waals surface area contributed by atoms with Crippen molar-refractivity contribution in [2.75, 3.05) is 6.54 Å². The molecule has 1 aliphatic heterocycles. The van der Waals surface area contributed by atoms with Crippen molar-refractivity contribution in [3.8, 4) is 0 Å². The van der Waals surface area contributed by atoms with Gasteiger partial charge in [0.15, 0.2) is 0 Å². The van der Waals surface area contributed by atoms with Gasteiger partial charge in [-0.25, -0.2) is 0 Å². The molecular weight excluding hydrogens is 252 g/mol. The van der Waals surface area contributed by atoms with E-state index in [0.29, 0.717) is 0 Å². The second kappa shape index (κ2) is 5.74. The number of carbonyl (C=O) groups excluding carboxylic acids is 2. The first-order valence-electron chi connectivity index (χ1n) is 7.52.